The topological polar surface area (TPSA) is 53.4 Å². The Morgan fingerprint density at radius 3 is 2.52 bits per heavy atom. The van der Waals surface area contributed by atoms with Gasteiger partial charge in [-0.05, 0) is 43.9 Å². The van der Waals surface area contributed by atoms with Crippen LogP contribution in [0, 0.1) is 13.8 Å². The average Bonchev–Trinajstić information content (AvgIpc) is 2.86. The molecule has 0 spiro atoms. The smallest absolute Gasteiger partial charge is 0.284 e. The van der Waals surface area contributed by atoms with Crippen molar-refractivity contribution in [1.29, 1.82) is 0 Å². The molecular formula is C18H24N2O3. The second-order valence-electron chi connectivity index (χ2n) is 5.64. The van der Waals surface area contributed by atoms with Crippen LogP contribution in [0.3, 0.4) is 0 Å². The average molecular weight is 316 g/mol. The minimum atomic E-state index is -0.189. The molecule has 2 aromatic rings. The zero-order valence-electron chi connectivity index (χ0n) is 14.4. The van der Waals surface area contributed by atoms with Gasteiger partial charge in [0.25, 0.3) is 5.91 Å². The van der Waals surface area contributed by atoms with Crippen LogP contribution in [0.15, 0.2) is 24.3 Å². The van der Waals surface area contributed by atoms with Crippen molar-refractivity contribution >= 4 is 5.91 Å². The molecule has 0 fully saturated rings. The van der Waals surface area contributed by atoms with Crippen molar-refractivity contribution in [2.75, 3.05) is 13.7 Å². The molecule has 5 nitrogen and oxygen atoms in total. The Morgan fingerprint density at radius 1 is 1.26 bits per heavy atom. The zero-order valence-corrected chi connectivity index (χ0v) is 14.4. The fraction of sp³-hybridized carbons (Fsp3) is 0.444. The maximum absolute atomic E-state index is 12.4. The first kappa shape index (κ1) is 17.1. The minimum Gasteiger partial charge on any atom is -0.493 e. The highest BCUT2D eigenvalue weighted by molar-refractivity contribution is 5.80. The third-order valence-electron chi connectivity index (χ3n) is 4.11. The first-order valence-electron chi connectivity index (χ1n) is 7.84. The Labute approximate surface area is 137 Å². The molecule has 23 heavy (non-hydrogen) atoms. The number of ether oxygens (including phenoxy) is 2. The van der Waals surface area contributed by atoms with Gasteiger partial charge in [-0.1, -0.05) is 26.0 Å². The molecule has 0 N–H and O–H groups in total. The number of benzene rings is 1. The summed E-state index contributed by atoms with van der Waals surface area (Å²) in [6.45, 7) is 8.08. The summed E-state index contributed by atoms with van der Waals surface area (Å²) in [6, 6.07) is 7.27. The van der Waals surface area contributed by atoms with Crippen LogP contribution in [0.1, 0.15) is 47.9 Å². The molecule has 0 radical (unpaired) electrons. The summed E-state index contributed by atoms with van der Waals surface area (Å²) in [5, 5.41) is 4.39. The van der Waals surface area contributed by atoms with Gasteiger partial charge in [0.2, 0.25) is 0 Å². The van der Waals surface area contributed by atoms with Gasteiger partial charge in [-0.2, -0.15) is 5.10 Å². The highest BCUT2D eigenvalue weighted by Crippen LogP contribution is 2.27. The van der Waals surface area contributed by atoms with Gasteiger partial charge in [-0.3, -0.25) is 4.79 Å². The number of rotatable bonds is 6. The normalized spacial score (nSPS) is 12.0. The Hall–Kier alpha value is -2.30. The third-order valence-corrected chi connectivity index (χ3v) is 4.11. The van der Waals surface area contributed by atoms with Gasteiger partial charge >= 0.3 is 0 Å². The Balaban J connectivity index is 2.16. The quantitative estimate of drug-likeness (QED) is 0.814. The second-order valence-corrected chi connectivity index (χ2v) is 5.64. The SMILES string of the molecule is CCC(C)c1c(C)nn(C(=O)COc2ccccc2OC)c1C. The molecule has 0 aliphatic carbocycles. The summed E-state index contributed by atoms with van der Waals surface area (Å²) in [4.78, 5) is 12.4. The molecule has 0 aliphatic heterocycles. The minimum absolute atomic E-state index is 0.0811. The number of carbonyl (C=O) groups excluding carboxylic acids is 1. The summed E-state index contributed by atoms with van der Waals surface area (Å²) >= 11 is 0. The summed E-state index contributed by atoms with van der Waals surface area (Å²) in [5.74, 6) is 1.35. The summed E-state index contributed by atoms with van der Waals surface area (Å²) in [5.41, 5.74) is 2.95. The van der Waals surface area contributed by atoms with Crippen LogP contribution in [0.4, 0.5) is 0 Å². The van der Waals surface area contributed by atoms with Crippen LogP contribution in [-0.2, 0) is 0 Å². The Bertz CT molecular complexity index is 692. The highest BCUT2D eigenvalue weighted by atomic mass is 16.5. The molecule has 2 rings (SSSR count). The molecule has 1 atom stereocenters. The van der Waals surface area contributed by atoms with Crippen molar-refractivity contribution in [2.45, 2.75) is 40.0 Å². The molecule has 1 unspecified atom stereocenters. The largest absolute Gasteiger partial charge is 0.493 e. The number of hydrogen-bond donors (Lipinski definition) is 0. The van der Waals surface area contributed by atoms with E-state index in [2.05, 4.69) is 18.9 Å². The van der Waals surface area contributed by atoms with Gasteiger partial charge < -0.3 is 9.47 Å². The molecule has 1 aromatic carbocycles. The van der Waals surface area contributed by atoms with Crippen LogP contribution in [-0.4, -0.2) is 29.4 Å². The van der Waals surface area contributed by atoms with Crippen molar-refractivity contribution in [1.82, 2.24) is 9.78 Å². The second kappa shape index (κ2) is 7.31. The van der Waals surface area contributed by atoms with E-state index in [0.717, 1.165) is 23.4 Å². The standard InChI is InChI=1S/C18H24N2O3/c1-6-12(2)18-13(3)19-20(14(18)4)17(21)11-23-16-10-8-7-9-15(16)22-5/h7-10,12H,6,11H2,1-5H3. The van der Waals surface area contributed by atoms with E-state index in [1.165, 1.54) is 4.68 Å². The molecule has 1 aromatic heterocycles. The summed E-state index contributed by atoms with van der Waals surface area (Å²) in [7, 11) is 1.57. The number of para-hydroxylation sites is 2. The Kier molecular flexibility index (Phi) is 5.42. The number of hydrogen-bond acceptors (Lipinski definition) is 4. The predicted molar refractivity (Wildman–Crippen MR) is 89.5 cm³/mol. The fourth-order valence-corrected chi connectivity index (χ4v) is 2.75. The van der Waals surface area contributed by atoms with Gasteiger partial charge in [0.1, 0.15) is 0 Å². The van der Waals surface area contributed by atoms with Crippen molar-refractivity contribution in [3.63, 3.8) is 0 Å². The molecule has 5 heteroatoms. The number of aryl methyl sites for hydroxylation is 1. The van der Waals surface area contributed by atoms with Gasteiger partial charge in [0, 0.05) is 5.69 Å². The van der Waals surface area contributed by atoms with Crippen molar-refractivity contribution in [3.8, 4) is 11.5 Å². The molecule has 0 aliphatic rings. The molecule has 124 valence electrons. The number of methoxy groups -OCH3 is 1. The van der Waals surface area contributed by atoms with Gasteiger partial charge in [-0.25, -0.2) is 4.68 Å². The lowest BCUT2D eigenvalue weighted by molar-refractivity contribution is 0.0816. The van der Waals surface area contributed by atoms with Crippen molar-refractivity contribution in [2.24, 2.45) is 0 Å². The van der Waals surface area contributed by atoms with E-state index in [4.69, 9.17) is 9.47 Å². The maximum atomic E-state index is 12.4. The van der Waals surface area contributed by atoms with E-state index in [1.54, 1.807) is 19.2 Å². The summed E-state index contributed by atoms with van der Waals surface area (Å²) in [6.07, 6.45) is 1.01. The van der Waals surface area contributed by atoms with Crippen LogP contribution in [0.5, 0.6) is 11.5 Å². The van der Waals surface area contributed by atoms with E-state index in [9.17, 15) is 4.79 Å². The molecule has 1 heterocycles. The van der Waals surface area contributed by atoms with E-state index in [-0.39, 0.29) is 12.5 Å². The lowest BCUT2D eigenvalue weighted by Gasteiger charge is -2.11. The maximum Gasteiger partial charge on any atom is 0.284 e. The van der Waals surface area contributed by atoms with E-state index >= 15 is 0 Å². The fourth-order valence-electron chi connectivity index (χ4n) is 2.75. The lowest BCUT2D eigenvalue weighted by Crippen LogP contribution is -2.22. The number of nitrogens with zero attached hydrogens (tertiary/aromatic N) is 2. The van der Waals surface area contributed by atoms with E-state index < -0.39 is 0 Å². The predicted octanol–water partition coefficient (Wildman–Crippen LogP) is 3.74. The number of carbonyl (C=O) groups is 1. The van der Waals surface area contributed by atoms with Crippen molar-refractivity contribution in [3.05, 3.63) is 41.2 Å². The van der Waals surface area contributed by atoms with E-state index in [1.807, 2.05) is 26.0 Å². The van der Waals surface area contributed by atoms with Gasteiger partial charge in [0.15, 0.2) is 18.1 Å². The first-order valence-corrected chi connectivity index (χ1v) is 7.84. The van der Waals surface area contributed by atoms with Crippen LogP contribution in [0.2, 0.25) is 0 Å². The van der Waals surface area contributed by atoms with Crippen LogP contribution in [0.25, 0.3) is 0 Å². The van der Waals surface area contributed by atoms with Gasteiger partial charge in [-0.15, -0.1) is 0 Å². The highest BCUT2D eigenvalue weighted by Gasteiger charge is 2.20. The first-order chi connectivity index (χ1) is 11.0. The molecule has 0 bridgehead atoms. The van der Waals surface area contributed by atoms with E-state index in [0.29, 0.717) is 17.4 Å². The monoisotopic (exact) mass is 316 g/mol. The van der Waals surface area contributed by atoms with Crippen LogP contribution >= 0.6 is 0 Å². The lowest BCUT2D eigenvalue weighted by atomic mass is 9.97. The molecule has 0 saturated carbocycles. The third kappa shape index (κ3) is 3.55. The Morgan fingerprint density at radius 2 is 1.91 bits per heavy atom. The summed E-state index contributed by atoms with van der Waals surface area (Å²) < 4.78 is 12.3. The molecule has 0 amide bonds. The molecule has 0 saturated heterocycles. The molecular weight excluding hydrogens is 292 g/mol. The number of aromatic nitrogens is 2. The van der Waals surface area contributed by atoms with Crippen molar-refractivity contribution < 1.29 is 14.3 Å². The van der Waals surface area contributed by atoms with Crippen LogP contribution < -0.4 is 9.47 Å². The van der Waals surface area contributed by atoms with Gasteiger partial charge in [0.05, 0.1) is 12.8 Å². The zero-order chi connectivity index (χ0) is 17.0.